The lowest BCUT2D eigenvalue weighted by Crippen LogP contribution is -2.31. The van der Waals surface area contributed by atoms with E-state index in [1.54, 1.807) is 0 Å². The van der Waals surface area contributed by atoms with Crippen LogP contribution in [0.5, 0.6) is 0 Å². The molecule has 0 bridgehead atoms. The zero-order chi connectivity index (χ0) is 17.7. The van der Waals surface area contributed by atoms with Crippen LogP contribution in [0.2, 0.25) is 0 Å². The highest BCUT2D eigenvalue weighted by atomic mass is 16.1. The van der Waals surface area contributed by atoms with Crippen LogP contribution >= 0.6 is 0 Å². The maximum absolute atomic E-state index is 12.9. The summed E-state index contributed by atoms with van der Waals surface area (Å²) in [5, 5.41) is 5.69. The first-order valence-corrected chi connectivity index (χ1v) is 9.16. The molecule has 4 aromatic rings. The zero-order valence-corrected chi connectivity index (χ0v) is 14.8. The van der Waals surface area contributed by atoms with Gasteiger partial charge in [-0.1, -0.05) is 24.3 Å². The molecular weight excluding hydrogens is 322 g/mol. The Morgan fingerprint density at radius 3 is 3.00 bits per heavy atom. The molecule has 4 nitrogen and oxygen atoms in total. The van der Waals surface area contributed by atoms with Gasteiger partial charge in [0.15, 0.2) is 0 Å². The van der Waals surface area contributed by atoms with Gasteiger partial charge in [-0.05, 0) is 54.5 Å². The number of carbonyl (C=O) groups excluding carboxylic acids is 1. The van der Waals surface area contributed by atoms with Crippen LogP contribution in [0.25, 0.3) is 21.8 Å². The molecule has 1 aliphatic rings. The number of H-pyrrole nitrogens is 1. The first kappa shape index (κ1) is 15.3. The van der Waals surface area contributed by atoms with Gasteiger partial charge in [-0.2, -0.15) is 0 Å². The predicted molar refractivity (Wildman–Crippen MR) is 104 cm³/mol. The number of amides is 1. The van der Waals surface area contributed by atoms with Crippen LogP contribution in [0.15, 0.2) is 54.7 Å². The van der Waals surface area contributed by atoms with E-state index in [-0.39, 0.29) is 11.9 Å². The summed E-state index contributed by atoms with van der Waals surface area (Å²) < 4.78 is 2.04. The van der Waals surface area contributed by atoms with Crippen molar-refractivity contribution in [2.75, 3.05) is 0 Å². The van der Waals surface area contributed by atoms with E-state index in [0.717, 1.165) is 35.7 Å². The summed E-state index contributed by atoms with van der Waals surface area (Å²) in [5.74, 6) is -0.00962. The summed E-state index contributed by atoms with van der Waals surface area (Å²) in [4.78, 5) is 16.4. The van der Waals surface area contributed by atoms with Crippen LogP contribution in [0.4, 0.5) is 0 Å². The molecule has 0 aliphatic heterocycles. The highest BCUT2D eigenvalue weighted by Gasteiger charge is 2.25. The van der Waals surface area contributed by atoms with E-state index in [0.29, 0.717) is 5.56 Å². The smallest absolute Gasteiger partial charge is 0.251 e. The second kappa shape index (κ2) is 5.77. The Balaban J connectivity index is 1.48. The third-order valence-electron chi connectivity index (χ3n) is 5.57. The van der Waals surface area contributed by atoms with Crippen molar-refractivity contribution in [1.82, 2.24) is 14.9 Å². The first-order chi connectivity index (χ1) is 12.7. The number of carbonyl (C=O) groups is 1. The van der Waals surface area contributed by atoms with E-state index in [2.05, 4.69) is 34.6 Å². The van der Waals surface area contributed by atoms with Crippen molar-refractivity contribution in [3.05, 3.63) is 71.5 Å². The number of benzene rings is 2. The van der Waals surface area contributed by atoms with E-state index in [4.69, 9.17) is 0 Å². The molecule has 2 aromatic carbocycles. The molecule has 0 saturated carbocycles. The topological polar surface area (TPSA) is 49.8 Å². The molecule has 0 radical (unpaired) electrons. The van der Waals surface area contributed by atoms with Crippen molar-refractivity contribution in [3.8, 4) is 0 Å². The number of rotatable bonds is 2. The van der Waals surface area contributed by atoms with Gasteiger partial charge in [0.05, 0.1) is 6.04 Å². The zero-order valence-electron chi connectivity index (χ0n) is 14.8. The molecule has 2 heterocycles. The summed E-state index contributed by atoms with van der Waals surface area (Å²) >= 11 is 0. The third-order valence-corrected chi connectivity index (χ3v) is 5.57. The molecule has 1 amide bonds. The lowest BCUT2D eigenvalue weighted by molar-refractivity contribution is 0.0932. The van der Waals surface area contributed by atoms with Gasteiger partial charge < -0.3 is 14.9 Å². The molecule has 130 valence electrons. The number of fused-ring (bicyclic) bond motifs is 4. The fourth-order valence-electron chi connectivity index (χ4n) is 4.20. The molecule has 2 N–H and O–H groups in total. The van der Waals surface area contributed by atoms with Crippen LogP contribution in [-0.2, 0) is 13.5 Å². The fourth-order valence-corrected chi connectivity index (χ4v) is 4.20. The number of aromatic amines is 1. The Labute approximate surface area is 151 Å². The van der Waals surface area contributed by atoms with Crippen LogP contribution < -0.4 is 5.32 Å². The number of para-hydroxylation sites is 1. The van der Waals surface area contributed by atoms with Crippen LogP contribution in [0.1, 0.15) is 40.5 Å². The van der Waals surface area contributed by atoms with Crippen LogP contribution in [0.3, 0.4) is 0 Å². The Kier molecular flexibility index (Phi) is 3.38. The van der Waals surface area contributed by atoms with Gasteiger partial charge in [0.1, 0.15) is 0 Å². The minimum Gasteiger partial charge on any atom is -0.356 e. The molecule has 4 heteroatoms. The summed E-state index contributed by atoms with van der Waals surface area (Å²) in [6.45, 7) is 0. The van der Waals surface area contributed by atoms with Crippen molar-refractivity contribution in [2.45, 2.75) is 25.3 Å². The molecule has 2 aromatic heterocycles. The number of hydrogen-bond donors (Lipinski definition) is 2. The highest BCUT2D eigenvalue weighted by molar-refractivity contribution is 5.98. The lowest BCUT2D eigenvalue weighted by atomic mass is 9.91. The molecule has 0 spiro atoms. The summed E-state index contributed by atoms with van der Waals surface area (Å²) in [5.41, 5.74) is 5.47. The molecule has 0 unspecified atom stereocenters. The minimum atomic E-state index is -0.00962. The fraction of sp³-hybridized carbons (Fsp3) is 0.227. The van der Waals surface area contributed by atoms with Gasteiger partial charge >= 0.3 is 0 Å². The summed E-state index contributed by atoms with van der Waals surface area (Å²) in [7, 11) is 2.00. The third kappa shape index (κ3) is 2.33. The van der Waals surface area contributed by atoms with E-state index in [1.807, 2.05) is 42.1 Å². The number of nitrogens with one attached hydrogen (secondary N) is 2. The Hall–Kier alpha value is -3.01. The SMILES string of the molecule is Cn1ccc2ccc(C(=O)N[C@H]3CCCc4c3[nH]c3ccccc43)cc21. The number of nitrogens with zero attached hydrogens (tertiary/aromatic N) is 1. The molecule has 0 fully saturated rings. The van der Waals surface area contributed by atoms with E-state index in [1.165, 1.54) is 16.6 Å². The molecule has 5 rings (SSSR count). The number of aryl methyl sites for hydroxylation is 2. The predicted octanol–water partition coefficient (Wildman–Crippen LogP) is 4.47. The van der Waals surface area contributed by atoms with Gasteiger partial charge in [0.25, 0.3) is 5.91 Å². The molecular formula is C22H21N3O. The maximum Gasteiger partial charge on any atom is 0.251 e. The maximum atomic E-state index is 12.9. The Bertz CT molecular complexity index is 1130. The average molecular weight is 343 g/mol. The second-order valence-corrected chi connectivity index (χ2v) is 7.18. The first-order valence-electron chi connectivity index (χ1n) is 9.16. The van der Waals surface area contributed by atoms with Gasteiger partial charge in [0.2, 0.25) is 0 Å². The van der Waals surface area contributed by atoms with Crippen molar-refractivity contribution >= 4 is 27.7 Å². The van der Waals surface area contributed by atoms with E-state index < -0.39 is 0 Å². The summed E-state index contributed by atoms with van der Waals surface area (Å²) in [6, 6.07) is 16.4. The standard InChI is InChI=1S/C22H21N3O/c1-25-12-11-14-9-10-15(13-20(14)25)22(26)24-19-8-4-6-17-16-5-2-3-7-18(16)23-21(17)19/h2-3,5,7,9-13,19,23H,4,6,8H2,1H3,(H,24,26)/t19-/m0/s1. The molecule has 26 heavy (non-hydrogen) atoms. The normalized spacial score (nSPS) is 16.7. The van der Waals surface area contributed by atoms with Crippen LogP contribution in [0, 0.1) is 0 Å². The number of hydrogen-bond acceptors (Lipinski definition) is 1. The Morgan fingerprint density at radius 1 is 1.19 bits per heavy atom. The van der Waals surface area contributed by atoms with Gasteiger partial charge in [-0.25, -0.2) is 0 Å². The largest absolute Gasteiger partial charge is 0.356 e. The van der Waals surface area contributed by atoms with Gasteiger partial charge in [-0.3, -0.25) is 4.79 Å². The van der Waals surface area contributed by atoms with Gasteiger partial charge in [0, 0.05) is 40.9 Å². The van der Waals surface area contributed by atoms with E-state index >= 15 is 0 Å². The number of aromatic nitrogens is 2. The van der Waals surface area contributed by atoms with E-state index in [9.17, 15) is 4.79 Å². The second-order valence-electron chi connectivity index (χ2n) is 7.18. The lowest BCUT2D eigenvalue weighted by Gasteiger charge is -2.24. The molecule has 1 atom stereocenters. The minimum absolute atomic E-state index is 0.00962. The molecule has 0 saturated heterocycles. The molecule has 1 aliphatic carbocycles. The summed E-state index contributed by atoms with van der Waals surface area (Å²) in [6.07, 6.45) is 5.15. The quantitative estimate of drug-likeness (QED) is 0.554. The van der Waals surface area contributed by atoms with Crippen LogP contribution in [-0.4, -0.2) is 15.5 Å². The van der Waals surface area contributed by atoms with Crippen molar-refractivity contribution in [1.29, 1.82) is 0 Å². The van der Waals surface area contributed by atoms with Crippen molar-refractivity contribution in [2.24, 2.45) is 7.05 Å². The van der Waals surface area contributed by atoms with Crippen molar-refractivity contribution in [3.63, 3.8) is 0 Å². The van der Waals surface area contributed by atoms with Crippen molar-refractivity contribution < 1.29 is 4.79 Å². The Morgan fingerprint density at radius 2 is 2.08 bits per heavy atom. The van der Waals surface area contributed by atoms with Gasteiger partial charge in [-0.15, -0.1) is 0 Å². The highest BCUT2D eigenvalue weighted by Crippen LogP contribution is 2.34. The average Bonchev–Trinajstić information content (AvgIpc) is 3.23. The monoisotopic (exact) mass is 343 g/mol.